The van der Waals surface area contributed by atoms with Gasteiger partial charge in [-0.15, -0.1) is 0 Å². The van der Waals surface area contributed by atoms with Gasteiger partial charge >= 0.3 is 6.03 Å². The van der Waals surface area contributed by atoms with Crippen molar-refractivity contribution >= 4 is 22.7 Å². The molecule has 1 N–H and O–H groups in total. The average molecular weight is 356 g/mol. The third-order valence-electron chi connectivity index (χ3n) is 4.50. The summed E-state index contributed by atoms with van der Waals surface area (Å²) in [5, 5.41) is 3.72. The van der Waals surface area contributed by atoms with Crippen molar-refractivity contribution in [3.63, 3.8) is 0 Å². The first-order chi connectivity index (χ1) is 12.4. The number of nitrogens with zero attached hydrogens (tertiary/aromatic N) is 1. The fourth-order valence-electron chi connectivity index (χ4n) is 2.72. The number of furan rings is 1. The highest BCUT2D eigenvalue weighted by Gasteiger charge is 2.21. The largest absolute Gasteiger partial charge is 0.494 e. The summed E-state index contributed by atoms with van der Waals surface area (Å²) in [4.78, 5) is 14.1. The first-order valence-electron chi connectivity index (χ1n) is 8.27. The molecule has 0 saturated carbocycles. The molecule has 0 spiro atoms. The third-order valence-corrected chi connectivity index (χ3v) is 4.50. The Morgan fingerprint density at radius 3 is 2.69 bits per heavy atom. The molecule has 0 aliphatic heterocycles. The highest BCUT2D eigenvalue weighted by atomic mass is 19.1. The van der Waals surface area contributed by atoms with E-state index in [1.807, 2.05) is 37.3 Å². The van der Waals surface area contributed by atoms with E-state index < -0.39 is 5.82 Å². The summed E-state index contributed by atoms with van der Waals surface area (Å²) in [7, 11) is 3.07. The van der Waals surface area contributed by atoms with Crippen LogP contribution in [0.3, 0.4) is 0 Å². The van der Waals surface area contributed by atoms with Crippen molar-refractivity contribution in [2.24, 2.45) is 0 Å². The second kappa shape index (κ2) is 7.07. The van der Waals surface area contributed by atoms with Crippen LogP contribution in [0.15, 0.2) is 46.9 Å². The molecule has 1 aromatic heterocycles. The van der Waals surface area contributed by atoms with Crippen molar-refractivity contribution in [2.75, 3.05) is 19.5 Å². The highest BCUT2D eigenvalue weighted by Crippen LogP contribution is 2.28. The van der Waals surface area contributed by atoms with E-state index in [1.54, 1.807) is 20.0 Å². The normalized spacial score (nSPS) is 12.0. The van der Waals surface area contributed by atoms with Gasteiger partial charge in [-0.25, -0.2) is 9.18 Å². The molecule has 26 heavy (non-hydrogen) atoms. The SMILES string of the molecule is COc1cc(C)c(NC(=O)N(C)C(C)c2cc3ccccc3o2)cc1F. The molecule has 6 heteroatoms. The summed E-state index contributed by atoms with van der Waals surface area (Å²) in [6.45, 7) is 3.65. The minimum absolute atomic E-state index is 0.143. The maximum Gasteiger partial charge on any atom is 0.322 e. The third kappa shape index (κ3) is 3.35. The van der Waals surface area contributed by atoms with E-state index >= 15 is 0 Å². The van der Waals surface area contributed by atoms with Crippen LogP contribution in [0.5, 0.6) is 5.75 Å². The van der Waals surface area contributed by atoms with Crippen LogP contribution in [0.1, 0.15) is 24.3 Å². The number of amides is 2. The molecule has 2 amide bonds. The second-order valence-corrected chi connectivity index (χ2v) is 6.21. The van der Waals surface area contributed by atoms with Crippen LogP contribution in [-0.2, 0) is 0 Å². The number of hydrogen-bond acceptors (Lipinski definition) is 3. The Balaban J connectivity index is 1.78. The first kappa shape index (κ1) is 17.8. The maximum absolute atomic E-state index is 13.9. The Bertz CT molecular complexity index is 918. The Labute approximate surface area is 151 Å². The number of fused-ring (bicyclic) bond motifs is 1. The number of urea groups is 1. The molecule has 3 aromatic rings. The van der Waals surface area contributed by atoms with Gasteiger partial charge in [-0.1, -0.05) is 18.2 Å². The summed E-state index contributed by atoms with van der Waals surface area (Å²) in [5.41, 5.74) is 1.88. The Hall–Kier alpha value is -3.02. The number of benzene rings is 2. The van der Waals surface area contributed by atoms with Gasteiger partial charge < -0.3 is 19.4 Å². The molecule has 1 heterocycles. The number of nitrogens with one attached hydrogen (secondary N) is 1. The predicted molar refractivity (Wildman–Crippen MR) is 99.1 cm³/mol. The van der Waals surface area contributed by atoms with Gasteiger partial charge in [-0.3, -0.25) is 0 Å². The summed E-state index contributed by atoms with van der Waals surface area (Å²) >= 11 is 0. The quantitative estimate of drug-likeness (QED) is 0.706. The van der Waals surface area contributed by atoms with Gasteiger partial charge in [-0.2, -0.15) is 0 Å². The van der Waals surface area contributed by atoms with Crippen molar-refractivity contribution in [1.82, 2.24) is 4.90 Å². The number of carbonyl (C=O) groups is 1. The molecule has 1 unspecified atom stereocenters. The predicted octanol–water partition coefficient (Wildman–Crippen LogP) is 5.11. The van der Waals surface area contributed by atoms with E-state index in [1.165, 1.54) is 18.1 Å². The number of anilines is 1. The van der Waals surface area contributed by atoms with Crippen molar-refractivity contribution in [1.29, 1.82) is 0 Å². The molecule has 0 fully saturated rings. The molecule has 0 aliphatic rings. The van der Waals surface area contributed by atoms with E-state index in [-0.39, 0.29) is 17.8 Å². The molecule has 5 nitrogen and oxygen atoms in total. The fraction of sp³-hybridized carbons (Fsp3) is 0.250. The molecule has 0 radical (unpaired) electrons. The van der Waals surface area contributed by atoms with Crippen LogP contribution in [0.4, 0.5) is 14.9 Å². The number of methoxy groups -OCH3 is 1. The van der Waals surface area contributed by atoms with Crippen LogP contribution in [0.25, 0.3) is 11.0 Å². The first-order valence-corrected chi connectivity index (χ1v) is 8.27. The number of aryl methyl sites for hydroxylation is 1. The summed E-state index contributed by atoms with van der Waals surface area (Å²) < 4.78 is 24.7. The number of para-hydroxylation sites is 1. The lowest BCUT2D eigenvalue weighted by atomic mass is 10.1. The minimum Gasteiger partial charge on any atom is -0.494 e. The highest BCUT2D eigenvalue weighted by molar-refractivity contribution is 5.90. The number of carbonyl (C=O) groups excluding carboxylic acids is 1. The van der Waals surface area contributed by atoms with Crippen LogP contribution in [0, 0.1) is 12.7 Å². The summed E-state index contributed by atoms with van der Waals surface area (Å²) in [6, 6.07) is 11.8. The zero-order valence-electron chi connectivity index (χ0n) is 15.2. The molecule has 3 rings (SSSR count). The molecular formula is C20H21FN2O3. The van der Waals surface area contributed by atoms with Crippen LogP contribution >= 0.6 is 0 Å². The molecular weight excluding hydrogens is 335 g/mol. The maximum atomic E-state index is 13.9. The van der Waals surface area contributed by atoms with Crippen molar-refractivity contribution in [3.8, 4) is 5.75 Å². The van der Waals surface area contributed by atoms with E-state index in [0.717, 1.165) is 11.0 Å². The van der Waals surface area contributed by atoms with E-state index in [4.69, 9.17) is 9.15 Å². The minimum atomic E-state index is -0.526. The summed E-state index contributed by atoms with van der Waals surface area (Å²) in [5.74, 6) is 0.298. The standard InChI is InChI=1S/C20H21FN2O3/c1-12-9-19(25-4)15(21)11-16(12)22-20(24)23(3)13(2)18-10-14-7-5-6-8-17(14)26-18/h5-11,13H,1-4H3,(H,22,24). The molecule has 0 saturated heterocycles. The van der Waals surface area contributed by atoms with Gasteiger partial charge in [0.15, 0.2) is 11.6 Å². The van der Waals surface area contributed by atoms with Gasteiger partial charge in [0, 0.05) is 24.2 Å². The van der Waals surface area contributed by atoms with Gasteiger partial charge in [0.05, 0.1) is 13.2 Å². The Morgan fingerprint density at radius 1 is 1.27 bits per heavy atom. The van der Waals surface area contributed by atoms with Crippen molar-refractivity contribution in [2.45, 2.75) is 19.9 Å². The number of rotatable bonds is 4. The molecule has 0 bridgehead atoms. The van der Waals surface area contributed by atoms with Gasteiger partial charge in [0.25, 0.3) is 0 Å². The molecule has 1 atom stereocenters. The van der Waals surface area contributed by atoms with E-state index in [0.29, 0.717) is 17.0 Å². The number of hydrogen-bond donors (Lipinski definition) is 1. The second-order valence-electron chi connectivity index (χ2n) is 6.21. The van der Waals surface area contributed by atoms with Gasteiger partial charge in [-0.05, 0) is 37.6 Å². The average Bonchev–Trinajstić information content (AvgIpc) is 3.07. The number of ether oxygens (including phenoxy) is 1. The molecule has 136 valence electrons. The topological polar surface area (TPSA) is 54.7 Å². The van der Waals surface area contributed by atoms with Crippen LogP contribution < -0.4 is 10.1 Å². The molecule has 0 aliphatic carbocycles. The van der Waals surface area contributed by atoms with E-state index in [2.05, 4.69) is 5.32 Å². The van der Waals surface area contributed by atoms with Crippen molar-refractivity contribution in [3.05, 3.63) is 59.6 Å². The lowest BCUT2D eigenvalue weighted by molar-refractivity contribution is 0.201. The smallest absolute Gasteiger partial charge is 0.322 e. The van der Waals surface area contributed by atoms with Gasteiger partial charge in [0.1, 0.15) is 11.3 Å². The number of halogens is 1. The van der Waals surface area contributed by atoms with Crippen LogP contribution in [0.2, 0.25) is 0 Å². The lowest BCUT2D eigenvalue weighted by Crippen LogP contribution is -2.33. The van der Waals surface area contributed by atoms with Gasteiger partial charge in [0.2, 0.25) is 0 Å². The molecule has 2 aromatic carbocycles. The fourth-order valence-corrected chi connectivity index (χ4v) is 2.72. The van der Waals surface area contributed by atoms with E-state index in [9.17, 15) is 9.18 Å². The zero-order chi connectivity index (χ0) is 18.8. The van der Waals surface area contributed by atoms with Crippen LogP contribution in [-0.4, -0.2) is 25.1 Å². The zero-order valence-corrected chi connectivity index (χ0v) is 15.2. The lowest BCUT2D eigenvalue weighted by Gasteiger charge is -2.24. The Kier molecular flexibility index (Phi) is 4.84. The van der Waals surface area contributed by atoms with Crippen molar-refractivity contribution < 1.29 is 18.3 Å². The monoisotopic (exact) mass is 356 g/mol. The Morgan fingerprint density at radius 2 is 2.00 bits per heavy atom. The summed E-state index contributed by atoms with van der Waals surface area (Å²) in [6.07, 6.45) is 0.